The van der Waals surface area contributed by atoms with Crippen LogP contribution in [0.15, 0.2) is 23.1 Å². The van der Waals surface area contributed by atoms with E-state index in [2.05, 4.69) is 28.6 Å². The van der Waals surface area contributed by atoms with Crippen LogP contribution >= 0.6 is 0 Å². The van der Waals surface area contributed by atoms with Crippen molar-refractivity contribution >= 4 is 5.65 Å². The molecule has 0 radical (unpaired) electrons. The van der Waals surface area contributed by atoms with E-state index < -0.39 is 0 Å². The van der Waals surface area contributed by atoms with Crippen molar-refractivity contribution in [2.24, 2.45) is 11.8 Å². The number of rotatable bonds is 0. The first-order valence-corrected chi connectivity index (χ1v) is 8.22. The molecule has 108 valence electrons. The average Bonchev–Trinajstić information content (AvgIpc) is 2.61. The van der Waals surface area contributed by atoms with Crippen molar-refractivity contribution in [3.63, 3.8) is 0 Å². The van der Waals surface area contributed by atoms with E-state index in [0.717, 1.165) is 23.0 Å². The Morgan fingerprint density at radius 2 is 1.81 bits per heavy atom. The first kappa shape index (κ1) is 12.0. The number of hydrogen-bond donors (Lipinski definition) is 0. The number of aryl methyl sites for hydroxylation is 1. The lowest BCUT2D eigenvalue weighted by Crippen LogP contribution is -2.26. The third-order valence-electron chi connectivity index (χ3n) is 6.01. The van der Waals surface area contributed by atoms with E-state index in [1.54, 1.807) is 0 Å². The Hall–Kier alpha value is -1.64. The average molecular weight is 280 g/mol. The van der Waals surface area contributed by atoms with E-state index in [1.807, 2.05) is 6.07 Å². The van der Waals surface area contributed by atoms with Crippen molar-refractivity contribution in [1.29, 1.82) is 0 Å². The van der Waals surface area contributed by atoms with Gasteiger partial charge in [0, 0.05) is 23.4 Å². The molecule has 0 amide bonds. The maximum atomic E-state index is 12.7. The second-order valence-corrected chi connectivity index (χ2v) is 7.45. The topological polar surface area (TPSA) is 34.4 Å². The zero-order valence-corrected chi connectivity index (χ0v) is 12.4. The Labute approximate surface area is 124 Å². The zero-order valence-electron chi connectivity index (χ0n) is 12.4. The van der Waals surface area contributed by atoms with Crippen LogP contribution in [0.2, 0.25) is 0 Å². The van der Waals surface area contributed by atoms with E-state index in [0.29, 0.717) is 11.8 Å². The summed E-state index contributed by atoms with van der Waals surface area (Å²) in [6, 6.07) is 4.17. The van der Waals surface area contributed by atoms with Gasteiger partial charge in [0.1, 0.15) is 5.65 Å². The summed E-state index contributed by atoms with van der Waals surface area (Å²) in [7, 11) is 0. The van der Waals surface area contributed by atoms with Gasteiger partial charge in [0.25, 0.3) is 5.56 Å². The minimum atomic E-state index is 0.0498. The van der Waals surface area contributed by atoms with Crippen molar-refractivity contribution in [2.45, 2.75) is 50.9 Å². The highest BCUT2D eigenvalue weighted by molar-refractivity contribution is 5.46. The molecule has 2 atom stereocenters. The molecule has 4 bridgehead atoms. The summed E-state index contributed by atoms with van der Waals surface area (Å²) in [5.74, 6) is 2.71. The van der Waals surface area contributed by atoms with Crippen LogP contribution in [0.5, 0.6) is 0 Å². The number of hydrogen-bond acceptors (Lipinski definition) is 2. The Kier molecular flexibility index (Phi) is 2.26. The molecule has 0 spiro atoms. The SMILES string of the molecule is Cc1ccn2c3c(c(=O)nc2c1)C1CC2CC(C1)CC3C2. The summed E-state index contributed by atoms with van der Waals surface area (Å²) in [6.07, 6.45) is 8.51. The van der Waals surface area contributed by atoms with Crippen LogP contribution in [0.3, 0.4) is 0 Å². The molecule has 4 aliphatic rings. The molecule has 21 heavy (non-hydrogen) atoms. The quantitative estimate of drug-likeness (QED) is 0.741. The number of fused-ring (bicyclic) bond motifs is 1. The first-order chi connectivity index (χ1) is 10.2. The molecular formula is C18H20N2O. The van der Waals surface area contributed by atoms with Crippen molar-refractivity contribution in [3.05, 3.63) is 45.5 Å². The predicted octanol–water partition coefficient (Wildman–Crippen LogP) is 3.39. The van der Waals surface area contributed by atoms with Crippen molar-refractivity contribution in [3.8, 4) is 0 Å². The number of nitrogens with zero attached hydrogens (tertiary/aromatic N) is 2. The molecule has 2 fully saturated rings. The maximum absolute atomic E-state index is 12.7. The largest absolute Gasteiger partial charge is 0.305 e. The normalized spacial score (nSPS) is 33.2. The van der Waals surface area contributed by atoms with Gasteiger partial charge in [-0.2, -0.15) is 4.98 Å². The molecule has 6 rings (SSSR count). The van der Waals surface area contributed by atoms with Crippen LogP contribution in [0, 0.1) is 18.8 Å². The van der Waals surface area contributed by atoms with E-state index in [4.69, 9.17) is 0 Å². The molecule has 2 saturated carbocycles. The second kappa shape index (κ2) is 3.96. The van der Waals surface area contributed by atoms with E-state index in [1.165, 1.54) is 43.4 Å². The van der Waals surface area contributed by atoms with Crippen molar-refractivity contribution < 1.29 is 0 Å². The van der Waals surface area contributed by atoms with Gasteiger partial charge in [-0.1, -0.05) is 0 Å². The van der Waals surface area contributed by atoms with Crippen LogP contribution in [0.4, 0.5) is 0 Å². The molecule has 2 unspecified atom stereocenters. The lowest BCUT2D eigenvalue weighted by molar-refractivity contribution is 0.164. The summed E-state index contributed by atoms with van der Waals surface area (Å²) in [6.45, 7) is 2.06. The third-order valence-corrected chi connectivity index (χ3v) is 6.01. The van der Waals surface area contributed by atoms with Crippen LogP contribution in [-0.4, -0.2) is 9.38 Å². The van der Waals surface area contributed by atoms with Crippen LogP contribution < -0.4 is 5.56 Å². The molecule has 0 aromatic carbocycles. The van der Waals surface area contributed by atoms with Gasteiger partial charge in [0.05, 0.1) is 0 Å². The fraction of sp³-hybridized carbons (Fsp3) is 0.556. The molecule has 2 aromatic rings. The van der Waals surface area contributed by atoms with E-state index >= 15 is 0 Å². The highest BCUT2D eigenvalue weighted by atomic mass is 16.1. The number of pyridine rings is 1. The Balaban J connectivity index is 1.88. The van der Waals surface area contributed by atoms with Crippen LogP contribution in [-0.2, 0) is 0 Å². The molecular weight excluding hydrogens is 260 g/mol. The third kappa shape index (κ3) is 1.60. The summed E-state index contributed by atoms with van der Waals surface area (Å²) in [5.41, 5.74) is 4.42. The lowest BCUT2D eigenvalue weighted by atomic mass is 9.67. The Morgan fingerprint density at radius 3 is 2.57 bits per heavy atom. The van der Waals surface area contributed by atoms with Gasteiger partial charge in [-0.3, -0.25) is 4.79 Å². The van der Waals surface area contributed by atoms with Gasteiger partial charge in [0.2, 0.25) is 0 Å². The van der Waals surface area contributed by atoms with E-state index in [9.17, 15) is 4.79 Å². The van der Waals surface area contributed by atoms with Gasteiger partial charge in [-0.15, -0.1) is 0 Å². The van der Waals surface area contributed by atoms with Gasteiger partial charge < -0.3 is 4.40 Å². The standard InChI is InChI=1S/C18H20N2O/c1-10-2-3-20-15(4-10)19-18(21)16-13-6-11-5-12(7-13)9-14(8-11)17(16)20/h2-4,11-14H,5-9H2,1H3. The fourth-order valence-electron chi connectivity index (χ4n) is 5.39. The molecule has 3 nitrogen and oxygen atoms in total. The minimum absolute atomic E-state index is 0.0498. The Bertz CT molecular complexity index is 793. The first-order valence-electron chi connectivity index (χ1n) is 8.22. The molecule has 2 heterocycles. The maximum Gasteiger partial charge on any atom is 0.276 e. The molecule has 0 saturated heterocycles. The zero-order chi connectivity index (χ0) is 14.1. The molecule has 2 aromatic heterocycles. The highest BCUT2D eigenvalue weighted by Crippen LogP contribution is 2.55. The summed E-state index contributed by atoms with van der Waals surface area (Å²) in [4.78, 5) is 17.1. The monoisotopic (exact) mass is 280 g/mol. The highest BCUT2D eigenvalue weighted by Gasteiger charge is 2.44. The lowest BCUT2D eigenvalue weighted by Gasteiger charge is -2.38. The second-order valence-electron chi connectivity index (χ2n) is 7.45. The smallest absolute Gasteiger partial charge is 0.276 e. The van der Waals surface area contributed by atoms with Gasteiger partial charge in [-0.25, -0.2) is 0 Å². The molecule has 3 heteroatoms. The van der Waals surface area contributed by atoms with Crippen LogP contribution in [0.1, 0.15) is 60.8 Å². The number of aromatic nitrogens is 2. The van der Waals surface area contributed by atoms with Gasteiger partial charge in [-0.05, 0) is 74.5 Å². The molecule has 0 N–H and O–H groups in total. The summed E-state index contributed by atoms with van der Waals surface area (Å²) < 4.78 is 2.22. The van der Waals surface area contributed by atoms with Gasteiger partial charge in [0.15, 0.2) is 0 Å². The molecule has 0 aliphatic heterocycles. The van der Waals surface area contributed by atoms with Crippen LogP contribution in [0.25, 0.3) is 5.65 Å². The van der Waals surface area contributed by atoms with Gasteiger partial charge >= 0.3 is 0 Å². The minimum Gasteiger partial charge on any atom is -0.305 e. The predicted molar refractivity (Wildman–Crippen MR) is 81.7 cm³/mol. The molecule has 4 aliphatic carbocycles. The van der Waals surface area contributed by atoms with Crippen molar-refractivity contribution in [2.75, 3.05) is 0 Å². The van der Waals surface area contributed by atoms with Crippen molar-refractivity contribution in [1.82, 2.24) is 9.38 Å². The fourth-order valence-corrected chi connectivity index (χ4v) is 5.39. The van der Waals surface area contributed by atoms with E-state index in [-0.39, 0.29) is 5.56 Å². The Morgan fingerprint density at radius 1 is 1.10 bits per heavy atom. The summed E-state index contributed by atoms with van der Waals surface area (Å²) in [5, 5.41) is 0. The summed E-state index contributed by atoms with van der Waals surface area (Å²) >= 11 is 0.